The molecule has 1 aliphatic carbocycles. The Morgan fingerprint density at radius 3 is 2.79 bits per heavy atom. The van der Waals surface area contributed by atoms with Gasteiger partial charge < -0.3 is 20.3 Å². The summed E-state index contributed by atoms with van der Waals surface area (Å²) in [5, 5.41) is 16.1. The van der Waals surface area contributed by atoms with Crippen LogP contribution in [0.4, 0.5) is 0 Å². The Bertz CT molecular complexity index is 1700. The zero-order valence-corrected chi connectivity index (χ0v) is 24.2. The molecule has 6 atom stereocenters. The van der Waals surface area contributed by atoms with Crippen LogP contribution >= 0.6 is 0 Å². The van der Waals surface area contributed by atoms with Crippen molar-refractivity contribution in [3.8, 4) is 0 Å². The first-order chi connectivity index (χ1) is 20.7. The van der Waals surface area contributed by atoms with Crippen molar-refractivity contribution >= 4 is 34.2 Å². The quantitative estimate of drug-likeness (QED) is 0.434. The fraction of sp³-hybridized carbons (Fsp3) is 0.424. The van der Waals surface area contributed by atoms with E-state index in [0.29, 0.717) is 25.9 Å². The molecule has 5 heterocycles. The molecule has 2 aromatic carbocycles. The van der Waals surface area contributed by atoms with Crippen molar-refractivity contribution in [2.75, 3.05) is 20.1 Å². The fourth-order valence-corrected chi connectivity index (χ4v) is 8.12. The van der Waals surface area contributed by atoms with E-state index in [4.69, 9.17) is 4.74 Å². The third kappa shape index (κ3) is 3.79. The van der Waals surface area contributed by atoms with Gasteiger partial charge in [-0.2, -0.15) is 0 Å². The maximum atomic E-state index is 14.2. The minimum absolute atomic E-state index is 0.144. The van der Waals surface area contributed by atoms with Crippen molar-refractivity contribution in [3.05, 3.63) is 77.5 Å². The number of piperazine rings is 1. The average molecular weight is 582 g/mol. The van der Waals surface area contributed by atoms with Crippen molar-refractivity contribution in [3.63, 3.8) is 0 Å². The van der Waals surface area contributed by atoms with Gasteiger partial charge in [0.2, 0.25) is 17.5 Å². The second-order valence-electron chi connectivity index (χ2n) is 12.8. The molecule has 0 radical (unpaired) electrons. The topological polar surface area (TPSA) is 118 Å². The van der Waals surface area contributed by atoms with Crippen LogP contribution in [0, 0.1) is 5.92 Å². The number of nitrogens with one attached hydrogen (secondary N) is 2. The number of rotatable bonds is 4. The summed E-state index contributed by atoms with van der Waals surface area (Å²) < 4.78 is 6.23. The van der Waals surface area contributed by atoms with Gasteiger partial charge in [0.15, 0.2) is 0 Å². The van der Waals surface area contributed by atoms with Gasteiger partial charge in [0.1, 0.15) is 12.1 Å². The van der Waals surface area contributed by atoms with Gasteiger partial charge in [-0.15, -0.1) is 0 Å². The molecule has 3 unspecified atom stereocenters. The van der Waals surface area contributed by atoms with E-state index in [-0.39, 0.29) is 24.3 Å². The van der Waals surface area contributed by atoms with E-state index in [9.17, 15) is 19.5 Å². The molecule has 5 aliphatic rings. The van der Waals surface area contributed by atoms with E-state index in [0.717, 1.165) is 28.6 Å². The third-order valence-corrected chi connectivity index (χ3v) is 10.1. The van der Waals surface area contributed by atoms with Gasteiger partial charge in [0.25, 0.3) is 11.8 Å². The number of aromatic nitrogens is 1. The van der Waals surface area contributed by atoms with Gasteiger partial charge in [-0.05, 0) is 61.6 Å². The summed E-state index contributed by atoms with van der Waals surface area (Å²) in [7, 11) is 2.02. The second kappa shape index (κ2) is 9.25. The molecule has 1 aromatic heterocycles. The molecule has 10 nitrogen and oxygen atoms in total. The minimum Gasteiger partial charge on any atom is -0.361 e. The van der Waals surface area contributed by atoms with Gasteiger partial charge in [0, 0.05) is 42.7 Å². The summed E-state index contributed by atoms with van der Waals surface area (Å²) in [6.07, 6.45) is 6.38. The molecule has 3 amide bonds. The maximum Gasteiger partial charge on any atom is 0.280 e. The standard InChI is InChI=1S/C33H35N5O5/c1-32(35-29(39)21-15-23-22-10-6-11-24-28(22)20(17-34-24)16-25(23)36(2)18-21)31(41)38-26(14-19-8-4-3-5-9-19)30(40)37-13-7-12-27(37)33(38,42)43-32/h3-6,8-11,15,17,21,25-27,34,42H,7,12-14,16,18H2,1-2H3,(H,35,39)/t21-,25-,26?,27+,32?,33?/m1/s1. The second-order valence-corrected chi connectivity index (χ2v) is 12.8. The highest BCUT2D eigenvalue weighted by Crippen LogP contribution is 2.46. The highest BCUT2D eigenvalue weighted by atomic mass is 16.7. The van der Waals surface area contributed by atoms with Crippen LogP contribution in [-0.4, -0.2) is 92.4 Å². The predicted molar refractivity (Wildman–Crippen MR) is 158 cm³/mol. The van der Waals surface area contributed by atoms with E-state index in [1.807, 2.05) is 49.5 Å². The molecule has 3 saturated heterocycles. The monoisotopic (exact) mass is 581 g/mol. The largest absolute Gasteiger partial charge is 0.361 e. The van der Waals surface area contributed by atoms with E-state index < -0.39 is 35.5 Å². The molecule has 0 saturated carbocycles. The molecule has 4 aliphatic heterocycles. The number of hydrogen-bond acceptors (Lipinski definition) is 6. The zero-order valence-electron chi connectivity index (χ0n) is 24.2. The van der Waals surface area contributed by atoms with Gasteiger partial charge in [0.05, 0.1) is 5.92 Å². The van der Waals surface area contributed by atoms with Crippen LogP contribution in [0.5, 0.6) is 0 Å². The Morgan fingerprint density at radius 2 is 1.98 bits per heavy atom. The molecule has 3 aromatic rings. The number of carbonyl (C=O) groups excluding carboxylic acids is 3. The van der Waals surface area contributed by atoms with Crippen LogP contribution in [0.2, 0.25) is 0 Å². The first-order valence-corrected chi connectivity index (χ1v) is 15.1. The Kier molecular flexibility index (Phi) is 5.73. The van der Waals surface area contributed by atoms with Crippen molar-refractivity contribution < 1.29 is 24.2 Å². The lowest BCUT2D eigenvalue weighted by Gasteiger charge is -2.48. The molecular formula is C33H35N5O5. The summed E-state index contributed by atoms with van der Waals surface area (Å²) in [6.45, 7) is 2.45. The molecule has 3 N–H and O–H groups in total. The molecule has 222 valence electrons. The van der Waals surface area contributed by atoms with E-state index in [1.165, 1.54) is 22.8 Å². The lowest BCUT2D eigenvalue weighted by atomic mass is 9.79. The fourth-order valence-electron chi connectivity index (χ4n) is 8.12. The SMILES string of the molecule is CN1C[C@H](C(=O)NC2(C)OC3(O)[C@@H]4CCCN4C(=O)C(Cc4ccccc4)N3C2=O)C=C2c3cccc4[nH]cc(c34)C[C@H]21. The van der Waals surface area contributed by atoms with Crippen LogP contribution in [0.15, 0.2) is 60.8 Å². The van der Waals surface area contributed by atoms with E-state index in [2.05, 4.69) is 33.5 Å². The van der Waals surface area contributed by atoms with E-state index >= 15 is 0 Å². The number of fused-ring (bicyclic) bond motifs is 5. The summed E-state index contributed by atoms with van der Waals surface area (Å²) in [5.41, 5.74) is 3.58. The smallest absolute Gasteiger partial charge is 0.280 e. The highest BCUT2D eigenvalue weighted by molar-refractivity contribution is 6.00. The van der Waals surface area contributed by atoms with Crippen molar-refractivity contribution in [2.24, 2.45) is 5.92 Å². The molecule has 0 spiro atoms. The van der Waals surface area contributed by atoms with Crippen molar-refractivity contribution in [1.29, 1.82) is 0 Å². The molecule has 3 fully saturated rings. The van der Waals surface area contributed by atoms with Gasteiger partial charge in [-0.25, -0.2) is 0 Å². The zero-order chi connectivity index (χ0) is 29.7. The summed E-state index contributed by atoms with van der Waals surface area (Å²) in [4.78, 5) is 50.2. The number of aromatic amines is 1. The Morgan fingerprint density at radius 1 is 1.16 bits per heavy atom. The Labute approximate surface area is 249 Å². The van der Waals surface area contributed by atoms with E-state index in [1.54, 1.807) is 4.90 Å². The van der Waals surface area contributed by atoms with Crippen LogP contribution in [0.25, 0.3) is 16.5 Å². The number of aliphatic hydroxyl groups is 1. The number of amides is 3. The number of H-pyrrole nitrogens is 1. The number of hydrogen-bond donors (Lipinski definition) is 3. The number of benzene rings is 2. The Balaban J connectivity index is 1.11. The van der Waals surface area contributed by atoms with Crippen LogP contribution in [-0.2, 0) is 32.0 Å². The number of likely N-dealkylation sites (N-methyl/N-ethyl adjacent to an activating group) is 1. The van der Waals surface area contributed by atoms with Crippen molar-refractivity contribution in [1.82, 2.24) is 25.0 Å². The number of nitrogens with zero attached hydrogens (tertiary/aromatic N) is 3. The van der Waals surface area contributed by atoms with Crippen LogP contribution in [0.3, 0.4) is 0 Å². The summed E-state index contributed by atoms with van der Waals surface area (Å²) >= 11 is 0. The predicted octanol–water partition coefficient (Wildman–Crippen LogP) is 1.99. The number of ether oxygens (including phenoxy) is 1. The highest BCUT2D eigenvalue weighted by Gasteiger charge is 2.70. The Hall–Kier alpha value is -3.99. The lowest BCUT2D eigenvalue weighted by molar-refractivity contribution is -0.315. The molecule has 8 rings (SSSR count). The van der Waals surface area contributed by atoms with Crippen molar-refractivity contribution in [2.45, 2.75) is 62.4 Å². The summed E-state index contributed by atoms with van der Waals surface area (Å²) in [6, 6.07) is 14.1. The van der Waals surface area contributed by atoms with Crippen LogP contribution < -0.4 is 5.32 Å². The first kappa shape index (κ1) is 26.6. The summed E-state index contributed by atoms with van der Waals surface area (Å²) in [5.74, 6) is -3.77. The normalized spacial score (nSPS) is 33.3. The van der Waals surface area contributed by atoms with Gasteiger partial charge in [-0.3, -0.25) is 28.9 Å². The van der Waals surface area contributed by atoms with Crippen LogP contribution in [0.1, 0.15) is 36.5 Å². The molecule has 10 heteroatoms. The first-order valence-electron chi connectivity index (χ1n) is 15.1. The van der Waals surface area contributed by atoms with Gasteiger partial charge in [-0.1, -0.05) is 48.5 Å². The number of carbonyl (C=O) groups is 3. The molecule has 43 heavy (non-hydrogen) atoms. The maximum absolute atomic E-state index is 14.2. The minimum atomic E-state index is -2.04. The lowest BCUT2D eigenvalue weighted by Crippen LogP contribution is -2.71. The third-order valence-electron chi connectivity index (χ3n) is 10.1. The average Bonchev–Trinajstić information content (AvgIpc) is 3.70. The molecular weight excluding hydrogens is 546 g/mol. The molecule has 0 bridgehead atoms. The van der Waals surface area contributed by atoms with Gasteiger partial charge >= 0.3 is 0 Å².